The summed E-state index contributed by atoms with van der Waals surface area (Å²) >= 11 is 0. The normalized spacial score (nSPS) is 23.0. The van der Waals surface area contributed by atoms with Crippen molar-refractivity contribution < 1.29 is 22.3 Å². The van der Waals surface area contributed by atoms with E-state index in [2.05, 4.69) is 21.9 Å². The lowest BCUT2D eigenvalue weighted by molar-refractivity contribution is -0.148. The fourth-order valence-corrected chi connectivity index (χ4v) is 6.41. The number of likely N-dealkylation sites (tertiary alicyclic amines) is 1. The summed E-state index contributed by atoms with van der Waals surface area (Å²) < 4.78 is 47.0. The molecule has 2 aliphatic rings. The molecule has 0 bridgehead atoms. The number of ether oxygens (including phenoxy) is 1. The predicted octanol–water partition coefficient (Wildman–Crippen LogP) is 2.26. The fraction of sp³-hybridized carbons (Fsp3) is 0.458. The van der Waals surface area contributed by atoms with Gasteiger partial charge in [0.15, 0.2) is 0 Å². The van der Waals surface area contributed by atoms with Gasteiger partial charge in [-0.3, -0.25) is 14.6 Å². The molecule has 0 amide bonds. The maximum atomic E-state index is 13.7. The summed E-state index contributed by atoms with van der Waals surface area (Å²) in [5.74, 6) is -0.874. The van der Waals surface area contributed by atoms with E-state index in [4.69, 9.17) is 4.74 Å². The number of esters is 1. The number of sulfonamides is 1. The first-order valence-electron chi connectivity index (χ1n) is 11.2. The Morgan fingerprint density at radius 3 is 2.42 bits per heavy atom. The van der Waals surface area contributed by atoms with Crippen LogP contribution in [0.1, 0.15) is 18.1 Å². The van der Waals surface area contributed by atoms with E-state index in [0.717, 1.165) is 19.2 Å². The minimum atomic E-state index is -3.78. The first-order chi connectivity index (χ1) is 15.7. The van der Waals surface area contributed by atoms with Gasteiger partial charge in [0.05, 0.1) is 10.9 Å². The number of halogens is 1. The zero-order valence-electron chi connectivity index (χ0n) is 19.0. The zero-order chi connectivity index (χ0) is 23.6. The largest absolute Gasteiger partial charge is 0.459 e. The van der Waals surface area contributed by atoms with Crippen LogP contribution in [0.3, 0.4) is 0 Å². The molecule has 0 aliphatic carbocycles. The van der Waals surface area contributed by atoms with Crippen molar-refractivity contribution in [1.82, 2.24) is 14.1 Å². The van der Waals surface area contributed by atoms with Gasteiger partial charge in [0.2, 0.25) is 10.0 Å². The molecule has 0 aromatic heterocycles. The summed E-state index contributed by atoms with van der Waals surface area (Å²) in [6.07, 6.45) is -0.264. The molecule has 9 heteroatoms. The molecule has 33 heavy (non-hydrogen) atoms. The van der Waals surface area contributed by atoms with Crippen LogP contribution >= 0.6 is 0 Å². The number of hydrogen-bond donors (Lipinski definition) is 0. The number of aryl methyl sites for hydroxylation is 1. The summed E-state index contributed by atoms with van der Waals surface area (Å²) in [5, 5.41) is 0. The van der Waals surface area contributed by atoms with Crippen molar-refractivity contribution in [2.24, 2.45) is 0 Å². The lowest BCUT2D eigenvalue weighted by Gasteiger charge is -2.38. The van der Waals surface area contributed by atoms with Gasteiger partial charge in [0.1, 0.15) is 11.9 Å². The lowest BCUT2D eigenvalue weighted by atomic mass is 10.1. The number of hydrogen-bond acceptors (Lipinski definition) is 6. The number of carbonyl (C=O) groups excluding carboxylic acids is 1. The van der Waals surface area contributed by atoms with Crippen LogP contribution in [0.4, 0.5) is 4.39 Å². The van der Waals surface area contributed by atoms with Crippen molar-refractivity contribution in [3.63, 3.8) is 0 Å². The second-order valence-electron chi connectivity index (χ2n) is 8.74. The van der Waals surface area contributed by atoms with Crippen LogP contribution in [-0.4, -0.2) is 79.9 Å². The van der Waals surface area contributed by atoms with Crippen molar-refractivity contribution in [1.29, 1.82) is 0 Å². The number of piperazine rings is 1. The average Bonchev–Trinajstić information content (AvgIpc) is 3.17. The van der Waals surface area contributed by atoms with E-state index in [1.807, 2.05) is 18.2 Å². The van der Waals surface area contributed by atoms with E-state index < -0.39 is 15.8 Å². The minimum absolute atomic E-state index is 0.00151. The molecule has 2 aromatic rings. The number of carbonyl (C=O) groups is 1. The molecule has 2 aliphatic heterocycles. The van der Waals surface area contributed by atoms with Gasteiger partial charge in [-0.2, -0.15) is 4.31 Å². The molecule has 2 atom stereocenters. The molecule has 2 aromatic carbocycles. The van der Waals surface area contributed by atoms with Gasteiger partial charge in [-0.05, 0) is 30.2 Å². The van der Waals surface area contributed by atoms with Crippen LogP contribution < -0.4 is 0 Å². The van der Waals surface area contributed by atoms with Crippen molar-refractivity contribution >= 4 is 16.0 Å². The second-order valence-corrected chi connectivity index (χ2v) is 10.7. The Morgan fingerprint density at radius 2 is 1.76 bits per heavy atom. The summed E-state index contributed by atoms with van der Waals surface area (Å²) in [4.78, 5) is 16.2. The SMILES string of the molecule is CC(=O)OC1CN(Cc2ccccc2)CC1N1CCN(S(=O)(=O)c2cc(F)ccc2C)CC1. The molecule has 0 spiro atoms. The Kier molecular flexibility index (Phi) is 7.13. The zero-order valence-corrected chi connectivity index (χ0v) is 19.8. The van der Waals surface area contributed by atoms with Crippen molar-refractivity contribution in [2.45, 2.75) is 37.4 Å². The van der Waals surface area contributed by atoms with Gasteiger partial charge >= 0.3 is 5.97 Å². The van der Waals surface area contributed by atoms with E-state index in [9.17, 15) is 17.6 Å². The van der Waals surface area contributed by atoms with E-state index in [1.165, 1.54) is 28.9 Å². The van der Waals surface area contributed by atoms with E-state index >= 15 is 0 Å². The van der Waals surface area contributed by atoms with E-state index in [0.29, 0.717) is 38.3 Å². The molecule has 0 N–H and O–H groups in total. The first kappa shape index (κ1) is 23.8. The van der Waals surface area contributed by atoms with Gasteiger partial charge in [-0.25, -0.2) is 12.8 Å². The number of nitrogens with zero attached hydrogens (tertiary/aromatic N) is 3. The first-order valence-corrected chi connectivity index (χ1v) is 12.6. The summed E-state index contributed by atoms with van der Waals surface area (Å²) in [6.45, 7) is 6.89. The molecular formula is C24H30FN3O4S. The molecule has 0 radical (unpaired) electrons. The van der Waals surface area contributed by atoms with Crippen LogP contribution in [0.5, 0.6) is 0 Å². The molecule has 0 saturated carbocycles. The third-order valence-corrected chi connectivity index (χ3v) is 8.43. The second kappa shape index (κ2) is 9.89. The minimum Gasteiger partial charge on any atom is -0.459 e. The highest BCUT2D eigenvalue weighted by Gasteiger charge is 2.41. The molecule has 2 heterocycles. The van der Waals surface area contributed by atoms with E-state index in [-0.39, 0.29) is 23.0 Å². The summed E-state index contributed by atoms with van der Waals surface area (Å²) in [6, 6.07) is 14.0. The molecule has 2 saturated heterocycles. The smallest absolute Gasteiger partial charge is 0.303 e. The van der Waals surface area contributed by atoms with Gasteiger partial charge in [-0.1, -0.05) is 36.4 Å². The number of rotatable bonds is 6. The predicted molar refractivity (Wildman–Crippen MR) is 123 cm³/mol. The van der Waals surface area contributed by atoms with E-state index in [1.54, 1.807) is 6.92 Å². The highest BCUT2D eigenvalue weighted by atomic mass is 32.2. The quantitative estimate of drug-likeness (QED) is 0.597. The Labute approximate surface area is 194 Å². The topological polar surface area (TPSA) is 70.2 Å². The Balaban J connectivity index is 1.43. The monoisotopic (exact) mass is 475 g/mol. The van der Waals surface area contributed by atoms with Crippen molar-refractivity contribution in [3.05, 3.63) is 65.5 Å². The third kappa shape index (κ3) is 5.43. The molecule has 4 rings (SSSR count). The maximum Gasteiger partial charge on any atom is 0.303 e. The van der Waals surface area contributed by atoms with Gasteiger partial charge in [0, 0.05) is 52.7 Å². The third-order valence-electron chi connectivity index (χ3n) is 6.39. The van der Waals surface area contributed by atoms with Gasteiger partial charge < -0.3 is 4.74 Å². The van der Waals surface area contributed by atoms with Crippen molar-refractivity contribution in [2.75, 3.05) is 39.3 Å². The molecular weight excluding hydrogens is 445 g/mol. The highest BCUT2D eigenvalue weighted by molar-refractivity contribution is 7.89. The average molecular weight is 476 g/mol. The summed E-state index contributed by atoms with van der Waals surface area (Å²) in [5.41, 5.74) is 1.72. The molecule has 178 valence electrons. The van der Waals surface area contributed by atoms with Gasteiger partial charge in [-0.15, -0.1) is 0 Å². The van der Waals surface area contributed by atoms with Crippen LogP contribution in [0.15, 0.2) is 53.4 Å². The lowest BCUT2D eigenvalue weighted by Crippen LogP contribution is -2.55. The van der Waals surface area contributed by atoms with Crippen LogP contribution in [-0.2, 0) is 26.1 Å². The highest BCUT2D eigenvalue weighted by Crippen LogP contribution is 2.26. The van der Waals surface area contributed by atoms with Crippen molar-refractivity contribution in [3.8, 4) is 0 Å². The van der Waals surface area contributed by atoms with Gasteiger partial charge in [0.25, 0.3) is 0 Å². The summed E-state index contributed by atoms with van der Waals surface area (Å²) in [7, 11) is -3.78. The van der Waals surface area contributed by atoms with Crippen LogP contribution in [0.2, 0.25) is 0 Å². The maximum absolute atomic E-state index is 13.7. The van der Waals surface area contributed by atoms with Crippen LogP contribution in [0, 0.1) is 12.7 Å². The van der Waals surface area contributed by atoms with Crippen LogP contribution in [0.25, 0.3) is 0 Å². The Morgan fingerprint density at radius 1 is 1.06 bits per heavy atom. The molecule has 7 nitrogen and oxygen atoms in total. The Bertz CT molecular complexity index is 1090. The number of benzene rings is 2. The molecule has 2 fully saturated rings. The molecule has 2 unspecified atom stereocenters. The Hall–Kier alpha value is -2.33. The fourth-order valence-electron chi connectivity index (χ4n) is 4.75. The standard InChI is InChI=1S/C24H30FN3O4S/c1-18-8-9-21(25)14-24(18)33(30,31)28-12-10-27(11-13-28)22-16-26(17-23(22)32-19(2)29)15-20-6-4-3-5-7-20/h3-9,14,22-23H,10-13,15-17H2,1-2H3.